The van der Waals surface area contributed by atoms with Crippen LogP contribution in [0.15, 0.2) is 41.1 Å². The second kappa shape index (κ2) is 8.09. The number of hydrogen-bond acceptors (Lipinski definition) is 4. The van der Waals surface area contributed by atoms with Gasteiger partial charge in [0.15, 0.2) is 0 Å². The molecule has 0 spiro atoms. The molecule has 112 valence electrons. The molecule has 0 saturated carbocycles. The highest BCUT2D eigenvalue weighted by molar-refractivity contribution is 5.93. The lowest BCUT2D eigenvalue weighted by Crippen LogP contribution is -2.22. The van der Waals surface area contributed by atoms with Crippen LogP contribution in [0, 0.1) is 0 Å². The van der Waals surface area contributed by atoms with E-state index in [9.17, 15) is 4.79 Å². The van der Waals surface area contributed by atoms with Crippen LogP contribution in [0.4, 0.5) is 5.82 Å². The zero-order valence-electron chi connectivity index (χ0n) is 12.3. The summed E-state index contributed by atoms with van der Waals surface area (Å²) in [5.41, 5.74) is 0.542. The molecule has 0 aliphatic heterocycles. The van der Waals surface area contributed by atoms with E-state index < -0.39 is 0 Å². The van der Waals surface area contributed by atoms with Crippen molar-refractivity contribution in [2.75, 3.05) is 11.9 Å². The van der Waals surface area contributed by atoms with Gasteiger partial charge in [-0.05, 0) is 30.7 Å². The van der Waals surface area contributed by atoms with Gasteiger partial charge in [-0.25, -0.2) is 4.98 Å². The van der Waals surface area contributed by atoms with Gasteiger partial charge in [0.2, 0.25) is 0 Å². The van der Waals surface area contributed by atoms with E-state index in [0.717, 1.165) is 24.5 Å². The normalized spacial score (nSPS) is 10.3. The van der Waals surface area contributed by atoms with Crippen molar-refractivity contribution in [3.8, 4) is 0 Å². The third kappa shape index (κ3) is 4.95. The maximum absolute atomic E-state index is 11.9. The van der Waals surface area contributed by atoms with Gasteiger partial charge in [-0.15, -0.1) is 0 Å². The van der Waals surface area contributed by atoms with E-state index >= 15 is 0 Å². The van der Waals surface area contributed by atoms with Gasteiger partial charge in [-0.2, -0.15) is 0 Å². The molecule has 2 rings (SSSR count). The minimum Gasteiger partial charge on any atom is -0.467 e. The van der Waals surface area contributed by atoms with Crippen LogP contribution >= 0.6 is 0 Å². The fourth-order valence-electron chi connectivity index (χ4n) is 1.91. The summed E-state index contributed by atoms with van der Waals surface area (Å²) in [6.07, 6.45) is 6.70. The van der Waals surface area contributed by atoms with E-state index in [1.54, 1.807) is 24.6 Å². The first-order valence-corrected chi connectivity index (χ1v) is 7.30. The first kappa shape index (κ1) is 15.1. The summed E-state index contributed by atoms with van der Waals surface area (Å²) < 4.78 is 5.16. The topological polar surface area (TPSA) is 67.2 Å². The monoisotopic (exact) mass is 287 g/mol. The van der Waals surface area contributed by atoms with Gasteiger partial charge >= 0.3 is 0 Å². The van der Waals surface area contributed by atoms with E-state index in [1.807, 2.05) is 12.1 Å². The summed E-state index contributed by atoms with van der Waals surface area (Å²) in [5, 5.41) is 6.03. The molecule has 2 aromatic heterocycles. The molecular weight excluding hydrogens is 266 g/mol. The maximum atomic E-state index is 11.9. The lowest BCUT2D eigenvalue weighted by Gasteiger charge is -2.06. The Bertz CT molecular complexity index is 535. The lowest BCUT2D eigenvalue weighted by molar-refractivity contribution is 0.0947. The van der Waals surface area contributed by atoms with E-state index in [0.29, 0.717) is 12.1 Å². The van der Waals surface area contributed by atoms with Gasteiger partial charge in [0, 0.05) is 12.7 Å². The van der Waals surface area contributed by atoms with Crippen molar-refractivity contribution < 1.29 is 9.21 Å². The molecule has 0 unspecified atom stereocenters. The standard InChI is InChI=1S/C16H21N3O2/c1-2-3-4-9-17-15-8-7-13(11-18-15)16(20)19-12-14-6-5-10-21-14/h5-8,10-11H,2-4,9,12H2,1H3,(H,17,18)(H,19,20). The van der Waals surface area contributed by atoms with Crippen LogP contribution < -0.4 is 10.6 Å². The highest BCUT2D eigenvalue weighted by Gasteiger charge is 2.06. The highest BCUT2D eigenvalue weighted by atomic mass is 16.3. The van der Waals surface area contributed by atoms with Crippen molar-refractivity contribution in [1.29, 1.82) is 0 Å². The van der Waals surface area contributed by atoms with Gasteiger partial charge in [0.25, 0.3) is 5.91 Å². The van der Waals surface area contributed by atoms with Gasteiger partial charge in [-0.1, -0.05) is 19.8 Å². The Balaban J connectivity index is 1.79. The van der Waals surface area contributed by atoms with E-state index in [1.165, 1.54) is 12.8 Å². The van der Waals surface area contributed by atoms with Crippen molar-refractivity contribution in [1.82, 2.24) is 10.3 Å². The van der Waals surface area contributed by atoms with E-state index in [2.05, 4.69) is 22.5 Å². The minimum atomic E-state index is -0.156. The predicted molar refractivity (Wildman–Crippen MR) is 82.1 cm³/mol. The van der Waals surface area contributed by atoms with Crippen molar-refractivity contribution in [3.05, 3.63) is 48.0 Å². The average Bonchev–Trinajstić information content (AvgIpc) is 3.03. The number of nitrogens with one attached hydrogen (secondary N) is 2. The van der Waals surface area contributed by atoms with Crippen LogP contribution in [0.2, 0.25) is 0 Å². The molecule has 2 heterocycles. The zero-order valence-corrected chi connectivity index (χ0v) is 12.3. The second-order valence-electron chi connectivity index (χ2n) is 4.83. The van der Waals surface area contributed by atoms with Crippen LogP contribution in [0.1, 0.15) is 42.3 Å². The van der Waals surface area contributed by atoms with Crippen molar-refractivity contribution in [2.45, 2.75) is 32.7 Å². The molecule has 0 aliphatic rings. The summed E-state index contributed by atoms with van der Waals surface area (Å²) in [7, 11) is 0. The summed E-state index contributed by atoms with van der Waals surface area (Å²) in [4.78, 5) is 16.2. The predicted octanol–water partition coefficient (Wildman–Crippen LogP) is 3.21. The Kier molecular flexibility index (Phi) is 5.82. The SMILES string of the molecule is CCCCCNc1ccc(C(=O)NCc2ccco2)cn1. The number of hydrogen-bond donors (Lipinski definition) is 2. The maximum Gasteiger partial charge on any atom is 0.253 e. The molecule has 0 radical (unpaired) electrons. The number of furan rings is 1. The Morgan fingerprint density at radius 2 is 2.19 bits per heavy atom. The molecular formula is C16H21N3O2. The Morgan fingerprint density at radius 3 is 2.86 bits per heavy atom. The summed E-state index contributed by atoms with van der Waals surface area (Å²) in [6.45, 7) is 3.46. The molecule has 5 nitrogen and oxygen atoms in total. The number of nitrogens with zero attached hydrogens (tertiary/aromatic N) is 1. The Hall–Kier alpha value is -2.30. The van der Waals surface area contributed by atoms with Gasteiger partial charge < -0.3 is 15.1 Å². The Morgan fingerprint density at radius 1 is 1.29 bits per heavy atom. The third-order valence-electron chi connectivity index (χ3n) is 3.12. The number of carbonyl (C=O) groups is 1. The van der Waals surface area contributed by atoms with E-state index in [4.69, 9.17) is 4.42 Å². The highest BCUT2D eigenvalue weighted by Crippen LogP contribution is 2.06. The number of unbranched alkanes of at least 4 members (excludes halogenated alkanes) is 2. The number of carbonyl (C=O) groups excluding carboxylic acids is 1. The first-order chi connectivity index (χ1) is 10.3. The van der Waals surface area contributed by atoms with Crippen LogP contribution in [0.5, 0.6) is 0 Å². The number of rotatable bonds is 8. The van der Waals surface area contributed by atoms with Crippen LogP contribution in [-0.2, 0) is 6.54 Å². The van der Waals surface area contributed by atoms with Crippen LogP contribution in [0.25, 0.3) is 0 Å². The fraction of sp³-hybridized carbons (Fsp3) is 0.375. The smallest absolute Gasteiger partial charge is 0.253 e. The van der Waals surface area contributed by atoms with Crippen molar-refractivity contribution in [3.63, 3.8) is 0 Å². The summed E-state index contributed by atoms with van der Waals surface area (Å²) >= 11 is 0. The van der Waals surface area contributed by atoms with Gasteiger partial charge in [0.05, 0.1) is 18.4 Å². The van der Waals surface area contributed by atoms with Crippen LogP contribution in [-0.4, -0.2) is 17.4 Å². The molecule has 2 aromatic rings. The third-order valence-corrected chi connectivity index (χ3v) is 3.12. The van der Waals surface area contributed by atoms with Gasteiger partial charge in [0.1, 0.15) is 11.6 Å². The number of amides is 1. The lowest BCUT2D eigenvalue weighted by atomic mass is 10.2. The molecule has 21 heavy (non-hydrogen) atoms. The molecule has 0 aliphatic carbocycles. The zero-order chi connectivity index (χ0) is 14.9. The minimum absolute atomic E-state index is 0.156. The fourth-order valence-corrected chi connectivity index (χ4v) is 1.91. The van der Waals surface area contributed by atoms with E-state index in [-0.39, 0.29) is 5.91 Å². The first-order valence-electron chi connectivity index (χ1n) is 7.30. The average molecular weight is 287 g/mol. The second-order valence-corrected chi connectivity index (χ2v) is 4.83. The molecule has 2 N–H and O–H groups in total. The molecule has 0 fully saturated rings. The molecule has 0 saturated heterocycles. The molecule has 0 atom stereocenters. The summed E-state index contributed by atoms with van der Waals surface area (Å²) in [6, 6.07) is 7.21. The molecule has 0 aromatic carbocycles. The number of aromatic nitrogens is 1. The summed E-state index contributed by atoms with van der Waals surface area (Å²) in [5.74, 6) is 1.37. The Labute approximate surface area is 124 Å². The largest absolute Gasteiger partial charge is 0.467 e. The van der Waals surface area contributed by atoms with Crippen molar-refractivity contribution >= 4 is 11.7 Å². The van der Waals surface area contributed by atoms with Crippen molar-refractivity contribution in [2.24, 2.45) is 0 Å². The molecule has 5 heteroatoms. The number of pyridine rings is 1. The van der Waals surface area contributed by atoms with Crippen LogP contribution in [0.3, 0.4) is 0 Å². The molecule has 1 amide bonds. The molecule has 0 bridgehead atoms. The van der Waals surface area contributed by atoms with Gasteiger partial charge in [-0.3, -0.25) is 4.79 Å². The number of anilines is 1. The quantitative estimate of drug-likeness (QED) is 0.732.